The van der Waals surface area contributed by atoms with Crippen molar-refractivity contribution < 1.29 is 36.9 Å². The molecule has 0 aliphatic heterocycles. The molecule has 10 atom stereocenters. The van der Waals surface area contributed by atoms with Crippen molar-refractivity contribution in [1.29, 1.82) is 0 Å². The van der Waals surface area contributed by atoms with E-state index in [1.54, 1.807) is 0 Å². The van der Waals surface area contributed by atoms with Crippen LogP contribution in [-0.2, 0) is 24.1 Å². The van der Waals surface area contributed by atoms with Crippen LogP contribution in [-0.4, -0.2) is 53.6 Å². The van der Waals surface area contributed by atoms with E-state index in [9.17, 15) is 28.0 Å². The van der Waals surface area contributed by atoms with Crippen LogP contribution in [0.3, 0.4) is 0 Å². The lowest BCUT2D eigenvalue weighted by atomic mass is 9.44. The van der Waals surface area contributed by atoms with Crippen LogP contribution in [0.5, 0.6) is 0 Å². The minimum Gasteiger partial charge on any atom is -0.459 e. The first-order valence-electron chi connectivity index (χ1n) is 15.4. The molecule has 8 nitrogen and oxygen atoms in total. The van der Waals surface area contributed by atoms with Gasteiger partial charge in [-0.2, -0.15) is 8.42 Å². The lowest BCUT2D eigenvalue weighted by Crippen LogP contribution is -2.64. The number of fused-ring (bicyclic) bond motifs is 4. The molecule has 0 aromatic heterocycles. The third-order valence-corrected chi connectivity index (χ3v) is 12.4. The Bertz CT molecular complexity index is 1190. The highest BCUT2D eigenvalue weighted by atomic mass is 32.3. The van der Waals surface area contributed by atoms with Crippen molar-refractivity contribution in [2.75, 3.05) is 0 Å². The van der Waals surface area contributed by atoms with E-state index >= 15 is 0 Å². The van der Waals surface area contributed by atoms with Gasteiger partial charge in [-0.15, -0.1) is 0 Å². The largest absolute Gasteiger partial charge is 0.459 e. The molecular weight excluding hydrogens is 544 g/mol. The Balaban J connectivity index is 1.76. The highest BCUT2D eigenvalue weighted by Gasteiger charge is 2.67. The van der Waals surface area contributed by atoms with Crippen molar-refractivity contribution in [2.24, 2.45) is 45.8 Å². The molecule has 4 aliphatic rings. The van der Waals surface area contributed by atoms with Gasteiger partial charge in [0.2, 0.25) is 0 Å². The number of esters is 1. The fourth-order valence-electron chi connectivity index (χ4n) is 10.0. The minimum absolute atomic E-state index is 0.135. The van der Waals surface area contributed by atoms with Gasteiger partial charge in [-0.25, -0.2) is 4.18 Å². The molecule has 0 radical (unpaired) electrons. The van der Waals surface area contributed by atoms with E-state index in [1.807, 2.05) is 20.8 Å². The molecule has 41 heavy (non-hydrogen) atoms. The zero-order valence-electron chi connectivity index (χ0n) is 26.1. The van der Waals surface area contributed by atoms with E-state index in [4.69, 9.17) is 8.92 Å². The van der Waals surface area contributed by atoms with E-state index in [0.29, 0.717) is 11.8 Å². The van der Waals surface area contributed by atoms with Crippen LogP contribution < -0.4 is 0 Å². The summed E-state index contributed by atoms with van der Waals surface area (Å²) in [5, 5.41) is 23.5. The first kappa shape index (κ1) is 32.6. The number of rotatable bonds is 8. The molecule has 4 aliphatic carbocycles. The second kappa shape index (κ2) is 11.0. The maximum Gasteiger partial charge on any atom is 0.397 e. The summed E-state index contributed by atoms with van der Waals surface area (Å²) in [6, 6.07) is 0. The summed E-state index contributed by atoms with van der Waals surface area (Å²) >= 11 is 0. The number of carbonyl (C=O) groups is 1. The van der Waals surface area contributed by atoms with E-state index in [1.165, 1.54) is 18.1 Å². The number of hydrogen-bond acceptors (Lipinski definition) is 7. The Kier molecular flexibility index (Phi) is 8.78. The predicted octanol–water partition coefficient (Wildman–Crippen LogP) is 5.65. The maximum atomic E-state index is 12.5. The summed E-state index contributed by atoms with van der Waals surface area (Å²) in [4.78, 5) is 12.5. The lowest BCUT2D eigenvalue weighted by Gasteiger charge is -2.63. The van der Waals surface area contributed by atoms with Crippen LogP contribution in [0.15, 0.2) is 23.3 Å². The van der Waals surface area contributed by atoms with Crippen LogP contribution >= 0.6 is 0 Å². The molecule has 0 unspecified atom stereocenters. The molecule has 4 rings (SSSR count). The summed E-state index contributed by atoms with van der Waals surface area (Å²) in [5.74, 6) is 0.615. The van der Waals surface area contributed by atoms with Crippen molar-refractivity contribution in [2.45, 2.75) is 125 Å². The Hall–Kier alpha value is -1.26. The molecule has 0 heterocycles. The predicted molar refractivity (Wildman–Crippen MR) is 157 cm³/mol. The van der Waals surface area contributed by atoms with Gasteiger partial charge in [-0.3, -0.25) is 9.35 Å². The zero-order chi connectivity index (χ0) is 30.9. The van der Waals surface area contributed by atoms with Crippen LogP contribution in [0.2, 0.25) is 0 Å². The molecule has 9 heteroatoms. The van der Waals surface area contributed by atoms with Gasteiger partial charge in [0.1, 0.15) is 18.3 Å². The first-order valence-corrected chi connectivity index (χ1v) is 16.7. The zero-order valence-corrected chi connectivity index (χ0v) is 27.0. The number of allylic oxidation sites excluding steroid dienone is 2. The topological polar surface area (TPSA) is 130 Å². The fraction of sp³-hybridized carbons (Fsp3) is 0.844. The first-order chi connectivity index (χ1) is 18.8. The molecule has 0 aromatic carbocycles. The maximum absolute atomic E-state index is 12.5. The number of ether oxygens (including phenoxy) is 1. The van der Waals surface area contributed by atoms with Gasteiger partial charge >= 0.3 is 16.4 Å². The van der Waals surface area contributed by atoms with Crippen LogP contribution in [0.25, 0.3) is 0 Å². The van der Waals surface area contributed by atoms with Crippen LogP contribution in [0, 0.1) is 45.8 Å². The van der Waals surface area contributed by atoms with E-state index in [2.05, 4.69) is 34.3 Å². The summed E-state index contributed by atoms with van der Waals surface area (Å²) in [5.41, 5.74) is 1.37. The highest BCUT2D eigenvalue weighted by molar-refractivity contribution is 7.80. The van der Waals surface area contributed by atoms with Crippen LogP contribution in [0.1, 0.15) is 100 Å². The monoisotopic (exact) mass is 596 g/mol. The number of hydrogen-bond donors (Lipinski definition) is 3. The molecule has 3 N–H and O–H groups in total. The second-order valence-corrected chi connectivity index (χ2v) is 15.9. The minimum atomic E-state index is -4.78. The number of carbonyl (C=O) groups excluding carboxylic acids is 1. The quantitative estimate of drug-likeness (QED) is 0.186. The number of aliphatic hydroxyl groups excluding tert-OH is 2. The fourth-order valence-corrected chi connectivity index (χ4v) is 10.7. The smallest absolute Gasteiger partial charge is 0.397 e. The van der Waals surface area contributed by atoms with Gasteiger partial charge in [0, 0.05) is 12.3 Å². The highest BCUT2D eigenvalue weighted by Crippen LogP contribution is 2.68. The molecule has 2 fully saturated rings. The normalized spacial score (nSPS) is 40.9. The van der Waals surface area contributed by atoms with E-state index in [0.717, 1.165) is 44.1 Å². The standard InChI is InChI=1S/C32H52O8S/c1-17(2)18(3)10-11-19(4)22-13-14-23-21-12-15-25-30(6,7)28(40-41(36,37)38)24(34)16-31(25,8)26(21)27(35)29(32(22,23)9)39-20(5)33/h17,19,22-25,27-29,34-35H,3,10-16H2,1-2,4-9H3,(H,36,37,38)/t19-,22-,23+,24-,25+,27-,28+,29+,31+,32-/m1/s1. The van der Waals surface area contributed by atoms with Gasteiger partial charge in [0.05, 0.1) is 6.10 Å². The van der Waals surface area contributed by atoms with Gasteiger partial charge in [-0.1, -0.05) is 66.2 Å². The lowest BCUT2D eigenvalue weighted by molar-refractivity contribution is -0.183. The molecule has 0 spiro atoms. The SMILES string of the molecule is C=C(CC[C@@H](C)[C@H]1CC[C@H]2C3=C([C@@H](O)[C@H](OC(C)=O)[C@]12C)[C@@]1(C)C[C@@H](O)[C@H](OS(=O)(=O)O)C(C)(C)[C@@H]1CC3)C(C)C. The molecule has 0 bridgehead atoms. The van der Waals surface area contributed by atoms with Crippen molar-refractivity contribution in [1.82, 2.24) is 0 Å². The molecular formula is C32H52O8S. The van der Waals surface area contributed by atoms with Crippen LogP contribution in [0.4, 0.5) is 0 Å². The van der Waals surface area contributed by atoms with Gasteiger partial charge in [-0.05, 0) is 90.9 Å². The van der Waals surface area contributed by atoms with Gasteiger partial charge in [0.25, 0.3) is 0 Å². The Morgan fingerprint density at radius 3 is 2.27 bits per heavy atom. The third kappa shape index (κ3) is 5.47. The third-order valence-electron chi connectivity index (χ3n) is 11.9. The van der Waals surface area contributed by atoms with Crippen molar-refractivity contribution >= 4 is 16.4 Å². The van der Waals surface area contributed by atoms with Crippen molar-refractivity contribution in [3.05, 3.63) is 23.3 Å². The summed E-state index contributed by atoms with van der Waals surface area (Å²) < 4.78 is 43.9. The average Bonchev–Trinajstić information content (AvgIpc) is 3.19. The van der Waals surface area contributed by atoms with Gasteiger partial charge in [0.15, 0.2) is 0 Å². The summed E-state index contributed by atoms with van der Waals surface area (Å²) in [7, 11) is -4.78. The second-order valence-electron chi connectivity index (χ2n) is 14.9. The molecule has 2 saturated carbocycles. The number of aliphatic hydroxyl groups is 2. The summed E-state index contributed by atoms with van der Waals surface area (Å²) in [6.45, 7) is 20.2. The van der Waals surface area contributed by atoms with Gasteiger partial charge < -0.3 is 14.9 Å². The summed E-state index contributed by atoms with van der Waals surface area (Å²) in [6.07, 6.45) is 1.46. The molecule has 0 amide bonds. The molecule has 0 aromatic rings. The Labute approximate surface area is 246 Å². The van der Waals surface area contributed by atoms with E-state index in [-0.39, 0.29) is 24.2 Å². The van der Waals surface area contributed by atoms with E-state index < -0.39 is 57.0 Å². The van der Waals surface area contributed by atoms with Crippen molar-refractivity contribution in [3.63, 3.8) is 0 Å². The molecule has 0 saturated heterocycles. The van der Waals surface area contributed by atoms with Crippen molar-refractivity contribution in [3.8, 4) is 0 Å². The average molecular weight is 597 g/mol. The molecule has 234 valence electrons. The Morgan fingerprint density at radius 1 is 1.07 bits per heavy atom. The Morgan fingerprint density at radius 2 is 1.71 bits per heavy atom.